The largest absolute Gasteiger partial charge is 0.493 e. The van der Waals surface area contributed by atoms with Crippen LogP contribution in [0, 0.1) is 0 Å². The van der Waals surface area contributed by atoms with Crippen LogP contribution in [-0.4, -0.2) is 42.7 Å². The van der Waals surface area contributed by atoms with Crippen molar-refractivity contribution in [1.82, 2.24) is 20.6 Å². The van der Waals surface area contributed by atoms with Gasteiger partial charge in [0.1, 0.15) is 11.6 Å². The summed E-state index contributed by atoms with van der Waals surface area (Å²) >= 11 is 0. The zero-order valence-corrected chi connectivity index (χ0v) is 16.3. The molecule has 1 aliphatic rings. The predicted molar refractivity (Wildman–Crippen MR) is 113 cm³/mol. The molecule has 0 radical (unpaired) electrons. The maximum Gasteiger partial charge on any atom is 0.190 e. The highest BCUT2D eigenvalue weighted by atomic mass is 16.5. The Hall–Kier alpha value is -3.02. The predicted octanol–water partition coefficient (Wildman–Crippen LogP) is 2.84. The maximum atomic E-state index is 5.57. The highest BCUT2D eigenvalue weighted by Gasteiger charge is 2.11. The minimum Gasteiger partial charge on any atom is -0.493 e. The van der Waals surface area contributed by atoms with Crippen molar-refractivity contribution in [3.8, 4) is 5.75 Å². The molecule has 3 aromatic rings. The molecule has 28 heavy (non-hydrogen) atoms. The molecule has 0 aliphatic carbocycles. The molecule has 3 N–H and O–H groups in total. The summed E-state index contributed by atoms with van der Waals surface area (Å²) in [5, 5.41) is 6.77. The number of ether oxygens (including phenoxy) is 1. The Morgan fingerprint density at radius 2 is 2.04 bits per heavy atom. The van der Waals surface area contributed by atoms with Gasteiger partial charge >= 0.3 is 0 Å². The highest BCUT2D eigenvalue weighted by molar-refractivity contribution is 5.79. The van der Waals surface area contributed by atoms with Crippen LogP contribution in [0.15, 0.2) is 47.5 Å². The summed E-state index contributed by atoms with van der Waals surface area (Å²) in [6.07, 6.45) is 3.89. The van der Waals surface area contributed by atoms with E-state index >= 15 is 0 Å². The second kappa shape index (κ2) is 8.78. The van der Waals surface area contributed by atoms with Gasteiger partial charge in [0.25, 0.3) is 0 Å². The number of rotatable bonds is 7. The lowest BCUT2D eigenvalue weighted by molar-refractivity contribution is 0.357. The monoisotopic (exact) mass is 377 g/mol. The van der Waals surface area contributed by atoms with Gasteiger partial charge < -0.3 is 20.4 Å². The summed E-state index contributed by atoms with van der Waals surface area (Å²) in [6, 6.07) is 14.6. The molecule has 0 amide bonds. The fraction of sp³-hybridized carbons (Fsp3) is 0.364. The normalized spacial score (nSPS) is 13.4. The number of nitrogens with one attached hydrogen (secondary N) is 3. The van der Waals surface area contributed by atoms with Gasteiger partial charge in [0.05, 0.1) is 17.6 Å². The number of aryl methyl sites for hydroxylation is 1. The Bertz CT molecular complexity index is 929. The second-order valence-electron chi connectivity index (χ2n) is 7.02. The molecule has 2 aromatic carbocycles. The van der Waals surface area contributed by atoms with Crippen LogP contribution in [0.4, 0.5) is 0 Å². The number of H-pyrrole nitrogens is 1. The number of imidazole rings is 1. The van der Waals surface area contributed by atoms with Crippen molar-refractivity contribution in [2.75, 3.05) is 26.7 Å². The fourth-order valence-electron chi connectivity index (χ4n) is 3.53. The number of para-hydroxylation sites is 2. The van der Waals surface area contributed by atoms with E-state index in [4.69, 9.17) is 4.74 Å². The van der Waals surface area contributed by atoms with Gasteiger partial charge in [0.15, 0.2) is 5.96 Å². The number of aliphatic imine (C=N–C) groups is 1. The summed E-state index contributed by atoms with van der Waals surface area (Å²) in [4.78, 5) is 12.3. The summed E-state index contributed by atoms with van der Waals surface area (Å²) in [7, 11) is 1.81. The van der Waals surface area contributed by atoms with Crippen molar-refractivity contribution in [2.45, 2.75) is 25.7 Å². The number of guanidine groups is 1. The minimum atomic E-state index is 0.807. The number of aromatic amines is 1. The molecule has 0 bridgehead atoms. The lowest BCUT2D eigenvalue weighted by atomic mass is 10.1. The SMILES string of the molecule is CN=C(NCCCc1nc2ccccc2[nH]1)NCCc1ccc2c(c1)CCO2. The van der Waals surface area contributed by atoms with E-state index in [1.54, 1.807) is 7.05 Å². The zero-order valence-electron chi connectivity index (χ0n) is 16.3. The number of hydrogen-bond donors (Lipinski definition) is 3. The number of benzene rings is 2. The molecule has 146 valence electrons. The standard InChI is InChI=1S/C22H27N5O/c1-23-22(25-13-10-16-8-9-20-17(15-16)11-14-28-20)24-12-4-7-21-26-18-5-2-3-6-19(18)27-21/h2-3,5-6,8-9,15H,4,7,10-14H2,1H3,(H,26,27)(H2,23,24,25). The van der Waals surface area contributed by atoms with Crippen molar-refractivity contribution in [2.24, 2.45) is 4.99 Å². The first-order valence-electron chi connectivity index (χ1n) is 9.94. The Balaban J connectivity index is 1.17. The average Bonchev–Trinajstić information content (AvgIpc) is 3.35. The van der Waals surface area contributed by atoms with Gasteiger partial charge in [0.2, 0.25) is 0 Å². The third-order valence-electron chi connectivity index (χ3n) is 5.00. The molecule has 0 saturated carbocycles. The Morgan fingerprint density at radius 3 is 2.93 bits per heavy atom. The summed E-state index contributed by atoms with van der Waals surface area (Å²) in [5.74, 6) is 2.92. The maximum absolute atomic E-state index is 5.57. The van der Waals surface area contributed by atoms with Gasteiger partial charge in [0, 0.05) is 33.0 Å². The van der Waals surface area contributed by atoms with Crippen molar-refractivity contribution in [3.63, 3.8) is 0 Å². The van der Waals surface area contributed by atoms with E-state index in [1.807, 2.05) is 18.2 Å². The topological polar surface area (TPSA) is 74.3 Å². The van der Waals surface area contributed by atoms with E-state index in [1.165, 1.54) is 11.1 Å². The van der Waals surface area contributed by atoms with Crippen molar-refractivity contribution in [3.05, 3.63) is 59.4 Å². The first-order chi connectivity index (χ1) is 13.8. The van der Waals surface area contributed by atoms with Gasteiger partial charge in [-0.1, -0.05) is 24.3 Å². The van der Waals surface area contributed by atoms with Gasteiger partial charge in [-0.2, -0.15) is 0 Å². The molecule has 0 saturated heterocycles. The first-order valence-corrected chi connectivity index (χ1v) is 9.94. The van der Waals surface area contributed by atoms with E-state index < -0.39 is 0 Å². The molecular weight excluding hydrogens is 350 g/mol. The third-order valence-corrected chi connectivity index (χ3v) is 5.00. The van der Waals surface area contributed by atoms with E-state index in [0.29, 0.717) is 0 Å². The first kappa shape index (κ1) is 18.3. The van der Waals surface area contributed by atoms with Gasteiger partial charge in [-0.15, -0.1) is 0 Å². The van der Waals surface area contributed by atoms with E-state index in [9.17, 15) is 0 Å². The van der Waals surface area contributed by atoms with Crippen LogP contribution in [0.2, 0.25) is 0 Å². The Morgan fingerprint density at radius 1 is 1.14 bits per heavy atom. The van der Waals surface area contributed by atoms with Crippen LogP contribution in [0.25, 0.3) is 11.0 Å². The number of hydrogen-bond acceptors (Lipinski definition) is 3. The van der Waals surface area contributed by atoms with Crippen LogP contribution < -0.4 is 15.4 Å². The smallest absolute Gasteiger partial charge is 0.190 e. The molecule has 0 unspecified atom stereocenters. The molecule has 0 spiro atoms. The minimum absolute atomic E-state index is 0.807. The van der Waals surface area contributed by atoms with E-state index in [-0.39, 0.29) is 0 Å². The molecule has 2 heterocycles. The fourth-order valence-corrected chi connectivity index (χ4v) is 3.53. The van der Waals surface area contributed by atoms with Crippen molar-refractivity contribution >= 4 is 17.0 Å². The highest BCUT2D eigenvalue weighted by Crippen LogP contribution is 2.25. The molecular formula is C22H27N5O. The molecule has 0 fully saturated rings. The van der Waals surface area contributed by atoms with Gasteiger partial charge in [-0.05, 0) is 42.2 Å². The summed E-state index contributed by atoms with van der Waals surface area (Å²) < 4.78 is 5.57. The lowest BCUT2D eigenvalue weighted by Gasteiger charge is -2.12. The quantitative estimate of drug-likeness (QED) is 0.336. The van der Waals surface area contributed by atoms with Crippen LogP contribution in [0.3, 0.4) is 0 Å². The van der Waals surface area contributed by atoms with Gasteiger partial charge in [-0.25, -0.2) is 4.98 Å². The number of nitrogens with zero attached hydrogens (tertiary/aromatic N) is 2. The molecule has 6 heteroatoms. The van der Waals surface area contributed by atoms with E-state index in [2.05, 4.69) is 49.9 Å². The van der Waals surface area contributed by atoms with Crippen LogP contribution in [0.5, 0.6) is 5.75 Å². The van der Waals surface area contributed by atoms with Crippen molar-refractivity contribution in [1.29, 1.82) is 0 Å². The van der Waals surface area contributed by atoms with Crippen LogP contribution in [-0.2, 0) is 19.3 Å². The summed E-state index contributed by atoms with van der Waals surface area (Å²) in [5.41, 5.74) is 4.78. The summed E-state index contributed by atoms with van der Waals surface area (Å²) in [6.45, 7) is 2.51. The number of aromatic nitrogens is 2. The van der Waals surface area contributed by atoms with Crippen molar-refractivity contribution < 1.29 is 4.74 Å². The van der Waals surface area contributed by atoms with Crippen LogP contribution in [0.1, 0.15) is 23.4 Å². The number of fused-ring (bicyclic) bond motifs is 2. The Labute approximate surface area is 165 Å². The zero-order chi connectivity index (χ0) is 19.2. The molecule has 1 aromatic heterocycles. The van der Waals surface area contributed by atoms with E-state index in [0.717, 1.165) is 73.9 Å². The third kappa shape index (κ3) is 4.44. The van der Waals surface area contributed by atoms with Gasteiger partial charge in [-0.3, -0.25) is 4.99 Å². The second-order valence-corrected chi connectivity index (χ2v) is 7.02. The Kier molecular flexibility index (Phi) is 5.75. The average molecular weight is 377 g/mol. The molecule has 4 rings (SSSR count). The molecule has 1 aliphatic heterocycles. The van der Waals surface area contributed by atoms with Crippen LogP contribution >= 0.6 is 0 Å². The molecule has 0 atom stereocenters. The molecule has 6 nitrogen and oxygen atoms in total. The lowest BCUT2D eigenvalue weighted by Crippen LogP contribution is -2.38.